The van der Waals surface area contributed by atoms with Crippen molar-refractivity contribution in [2.24, 2.45) is 5.73 Å². The van der Waals surface area contributed by atoms with Crippen molar-refractivity contribution >= 4 is 5.91 Å². The summed E-state index contributed by atoms with van der Waals surface area (Å²) in [7, 11) is 2.24. The predicted octanol–water partition coefficient (Wildman–Crippen LogP) is 0.171. The summed E-state index contributed by atoms with van der Waals surface area (Å²) in [6.45, 7) is 0.784. The van der Waals surface area contributed by atoms with Gasteiger partial charge in [0.15, 0.2) is 0 Å². The fourth-order valence-electron chi connectivity index (χ4n) is 3.65. The highest BCUT2D eigenvalue weighted by Gasteiger charge is 2.44. The van der Waals surface area contributed by atoms with Gasteiger partial charge in [0.25, 0.3) is 0 Å². The molecule has 2 N–H and O–H groups in total. The van der Waals surface area contributed by atoms with Crippen molar-refractivity contribution in [1.82, 2.24) is 9.80 Å². The fraction of sp³-hybridized carbons (Fsp3) is 0.917. The minimum absolute atomic E-state index is 0.174. The summed E-state index contributed by atoms with van der Waals surface area (Å²) in [6.07, 6.45) is 6.28. The Morgan fingerprint density at radius 2 is 1.81 bits per heavy atom. The lowest BCUT2D eigenvalue weighted by Crippen LogP contribution is -2.67. The van der Waals surface area contributed by atoms with E-state index >= 15 is 0 Å². The lowest BCUT2D eigenvalue weighted by Gasteiger charge is -2.52. The zero-order valence-corrected chi connectivity index (χ0v) is 9.93. The summed E-state index contributed by atoms with van der Waals surface area (Å²) in [6, 6.07) is 1.66. The molecule has 3 saturated heterocycles. The summed E-state index contributed by atoms with van der Waals surface area (Å²) in [4.78, 5) is 16.2. The Kier molecular flexibility index (Phi) is 2.44. The number of hydrogen-bond acceptors (Lipinski definition) is 3. The topological polar surface area (TPSA) is 49.6 Å². The van der Waals surface area contributed by atoms with Crippen LogP contribution in [0, 0.1) is 0 Å². The molecule has 3 aliphatic heterocycles. The van der Waals surface area contributed by atoms with Gasteiger partial charge in [-0.1, -0.05) is 6.42 Å². The molecule has 2 bridgehead atoms. The molecule has 0 radical (unpaired) electrons. The normalized spacial score (nSPS) is 44.4. The van der Waals surface area contributed by atoms with Gasteiger partial charge in [-0.2, -0.15) is 0 Å². The van der Waals surface area contributed by atoms with Crippen LogP contribution in [0.25, 0.3) is 0 Å². The van der Waals surface area contributed by atoms with Crippen molar-refractivity contribution in [2.75, 3.05) is 13.6 Å². The van der Waals surface area contributed by atoms with E-state index in [1.165, 1.54) is 19.3 Å². The number of carbonyl (C=O) groups is 1. The highest BCUT2D eigenvalue weighted by Crippen LogP contribution is 2.36. The third kappa shape index (κ3) is 1.47. The van der Waals surface area contributed by atoms with Crippen molar-refractivity contribution in [3.63, 3.8) is 0 Å². The SMILES string of the molecule is CN1C2CCCC1CC(N1CC(N)C1=O)C2. The first-order valence-corrected chi connectivity index (χ1v) is 6.45. The lowest BCUT2D eigenvalue weighted by molar-refractivity contribution is -0.149. The van der Waals surface area contributed by atoms with Crippen molar-refractivity contribution < 1.29 is 4.79 Å². The van der Waals surface area contributed by atoms with Crippen LogP contribution in [0.1, 0.15) is 32.1 Å². The third-order valence-corrected chi connectivity index (χ3v) is 4.75. The zero-order valence-electron chi connectivity index (χ0n) is 9.93. The molecule has 1 amide bonds. The second-order valence-corrected chi connectivity index (χ2v) is 5.63. The maximum absolute atomic E-state index is 11.6. The number of carbonyl (C=O) groups excluding carboxylic acids is 1. The number of piperidine rings is 2. The van der Waals surface area contributed by atoms with Gasteiger partial charge in [0.05, 0.1) is 0 Å². The molecule has 3 rings (SSSR count). The van der Waals surface area contributed by atoms with Gasteiger partial charge in [0, 0.05) is 24.7 Å². The zero-order chi connectivity index (χ0) is 11.3. The quantitative estimate of drug-likeness (QED) is 0.645. The van der Waals surface area contributed by atoms with E-state index in [0.29, 0.717) is 18.1 Å². The third-order valence-electron chi connectivity index (χ3n) is 4.75. The Morgan fingerprint density at radius 1 is 1.19 bits per heavy atom. The molecule has 4 nitrogen and oxygen atoms in total. The van der Waals surface area contributed by atoms with Crippen molar-refractivity contribution in [3.8, 4) is 0 Å². The van der Waals surface area contributed by atoms with Crippen LogP contribution in [-0.2, 0) is 4.79 Å². The highest BCUT2D eigenvalue weighted by atomic mass is 16.2. The van der Waals surface area contributed by atoms with Crippen LogP contribution in [-0.4, -0.2) is 53.5 Å². The van der Waals surface area contributed by atoms with E-state index in [-0.39, 0.29) is 11.9 Å². The Hall–Kier alpha value is -0.610. The Bertz CT molecular complexity index is 293. The molecule has 0 aromatic rings. The molecule has 0 aromatic carbocycles. The van der Waals surface area contributed by atoms with E-state index in [0.717, 1.165) is 19.4 Å². The molecule has 3 aliphatic rings. The largest absolute Gasteiger partial charge is 0.336 e. The first kappa shape index (κ1) is 10.5. The van der Waals surface area contributed by atoms with Gasteiger partial charge in [0.2, 0.25) is 5.91 Å². The number of β-lactam (4-membered cyclic amide) rings is 1. The molecule has 3 unspecified atom stereocenters. The number of rotatable bonds is 1. The maximum Gasteiger partial charge on any atom is 0.241 e. The molecule has 90 valence electrons. The van der Waals surface area contributed by atoms with Gasteiger partial charge < -0.3 is 15.5 Å². The molecule has 0 saturated carbocycles. The molecule has 4 heteroatoms. The monoisotopic (exact) mass is 223 g/mol. The minimum Gasteiger partial charge on any atom is -0.336 e. The summed E-state index contributed by atoms with van der Waals surface area (Å²) < 4.78 is 0. The first-order chi connectivity index (χ1) is 7.66. The standard InChI is InChI=1S/C12H21N3O/c1-14-8-3-2-4-9(14)6-10(5-8)15-7-11(13)12(15)16/h8-11H,2-7,13H2,1H3. The minimum atomic E-state index is -0.209. The number of nitrogens with two attached hydrogens (primary N) is 1. The fourth-order valence-corrected chi connectivity index (χ4v) is 3.65. The number of nitrogens with zero attached hydrogens (tertiary/aromatic N) is 2. The Labute approximate surface area is 96.8 Å². The molecular formula is C12H21N3O. The summed E-state index contributed by atoms with van der Waals surface area (Å²) >= 11 is 0. The second-order valence-electron chi connectivity index (χ2n) is 5.63. The number of likely N-dealkylation sites (tertiary alicyclic amines) is 1. The average molecular weight is 223 g/mol. The van der Waals surface area contributed by atoms with Crippen LogP contribution in [0.15, 0.2) is 0 Å². The van der Waals surface area contributed by atoms with E-state index in [4.69, 9.17) is 5.73 Å². The molecule has 0 aliphatic carbocycles. The second kappa shape index (κ2) is 3.70. The first-order valence-electron chi connectivity index (χ1n) is 6.45. The van der Waals surface area contributed by atoms with E-state index in [9.17, 15) is 4.79 Å². The maximum atomic E-state index is 11.6. The average Bonchev–Trinajstić information content (AvgIpc) is 2.25. The van der Waals surface area contributed by atoms with E-state index in [1.54, 1.807) is 0 Å². The van der Waals surface area contributed by atoms with Crippen molar-refractivity contribution in [3.05, 3.63) is 0 Å². The molecule has 0 spiro atoms. The molecule has 3 atom stereocenters. The molecule has 3 heterocycles. The van der Waals surface area contributed by atoms with Gasteiger partial charge in [-0.25, -0.2) is 0 Å². The Balaban J connectivity index is 1.69. The van der Waals surface area contributed by atoms with E-state index in [1.807, 2.05) is 4.90 Å². The van der Waals surface area contributed by atoms with Crippen molar-refractivity contribution in [1.29, 1.82) is 0 Å². The highest BCUT2D eigenvalue weighted by molar-refractivity contribution is 5.88. The van der Waals surface area contributed by atoms with Gasteiger partial charge in [-0.15, -0.1) is 0 Å². The van der Waals surface area contributed by atoms with Crippen LogP contribution in [0.3, 0.4) is 0 Å². The number of hydrogen-bond donors (Lipinski definition) is 1. The van der Waals surface area contributed by atoms with Crippen LogP contribution >= 0.6 is 0 Å². The number of fused-ring (bicyclic) bond motifs is 2. The predicted molar refractivity (Wildman–Crippen MR) is 61.9 cm³/mol. The Morgan fingerprint density at radius 3 is 2.31 bits per heavy atom. The summed E-state index contributed by atoms with van der Waals surface area (Å²) in [5.41, 5.74) is 5.66. The van der Waals surface area contributed by atoms with Crippen LogP contribution in [0.2, 0.25) is 0 Å². The summed E-state index contributed by atoms with van der Waals surface area (Å²) in [5, 5.41) is 0. The molecule has 0 aromatic heterocycles. The van der Waals surface area contributed by atoms with Crippen LogP contribution in [0.5, 0.6) is 0 Å². The smallest absolute Gasteiger partial charge is 0.241 e. The van der Waals surface area contributed by atoms with Gasteiger partial charge in [-0.05, 0) is 32.7 Å². The van der Waals surface area contributed by atoms with Crippen LogP contribution < -0.4 is 5.73 Å². The summed E-state index contributed by atoms with van der Waals surface area (Å²) in [5.74, 6) is 0.174. The molecular weight excluding hydrogens is 202 g/mol. The van der Waals surface area contributed by atoms with Gasteiger partial charge in [-0.3, -0.25) is 4.79 Å². The number of amides is 1. The van der Waals surface area contributed by atoms with Gasteiger partial charge in [0.1, 0.15) is 6.04 Å². The van der Waals surface area contributed by atoms with E-state index < -0.39 is 0 Å². The van der Waals surface area contributed by atoms with Crippen molar-refractivity contribution in [2.45, 2.75) is 56.3 Å². The molecule has 3 fully saturated rings. The van der Waals surface area contributed by atoms with E-state index in [2.05, 4.69) is 11.9 Å². The van der Waals surface area contributed by atoms with Crippen LogP contribution in [0.4, 0.5) is 0 Å². The lowest BCUT2D eigenvalue weighted by atomic mass is 9.80. The molecule has 16 heavy (non-hydrogen) atoms. The van der Waals surface area contributed by atoms with Gasteiger partial charge >= 0.3 is 0 Å².